The molecule has 276 valence electrons. The number of rotatable bonds is 6. The number of hydrogen-bond donors (Lipinski definition) is 1. The number of anilines is 3. The van der Waals surface area contributed by atoms with Crippen molar-refractivity contribution in [2.75, 3.05) is 4.90 Å². The van der Waals surface area contributed by atoms with E-state index in [0.29, 0.717) is 0 Å². The fraction of sp³-hybridized carbons (Fsp3) is 0.292. The Labute approximate surface area is 331 Å². The number of phenols is 1. The summed E-state index contributed by atoms with van der Waals surface area (Å²) in [6.45, 7) is 24.6. The van der Waals surface area contributed by atoms with Crippen molar-refractivity contribution < 1.29 is 26.2 Å². The van der Waals surface area contributed by atoms with Crippen LogP contribution in [-0.2, 0) is 37.3 Å². The number of aromatic nitrogens is 2. The van der Waals surface area contributed by atoms with Crippen molar-refractivity contribution in [2.24, 2.45) is 0 Å². The van der Waals surface area contributed by atoms with Crippen molar-refractivity contribution in [2.45, 2.75) is 92.4 Å². The molecule has 4 nitrogen and oxygen atoms in total. The normalized spacial score (nSPS) is 12.0. The third-order valence-corrected chi connectivity index (χ3v) is 9.78. The molecule has 4 aromatic carbocycles. The molecule has 0 aliphatic rings. The predicted octanol–water partition coefficient (Wildman–Crippen LogP) is 13.0. The second-order valence-corrected chi connectivity index (χ2v) is 17.1. The van der Waals surface area contributed by atoms with Gasteiger partial charge >= 0.3 is 0 Å². The van der Waals surface area contributed by atoms with Crippen LogP contribution in [0.15, 0.2) is 109 Å². The van der Waals surface area contributed by atoms with E-state index in [9.17, 15) is 5.11 Å². The fourth-order valence-corrected chi connectivity index (χ4v) is 6.64. The van der Waals surface area contributed by atoms with E-state index in [1.54, 1.807) is 12.3 Å². The van der Waals surface area contributed by atoms with Gasteiger partial charge in [-0.2, -0.15) is 0 Å². The molecule has 0 spiro atoms. The second kappa shape index (κ2) is 15.1. The van der Waals surface area contributed by atoms with Crippen molar-refractivity contribution >= 4 is 17.2 Å². The molecule has 0 bridgehead atoms. The Morgan fingerprint density at radius 1 is 0.585 bits per heavy atom. The van der Waals surface area contributed by atoms with Gasteiger partial charge in [0.1, 0.15) is 5.82 Å². The summed E-state index contributed by atoms with van der Waals surface area (Å²) in [6, 6.07) is 39.2. The van der Waals surface area contributed by atoms with Crippen LogP contribution in [0.5, 0.6) is 5.75 Å². The Morgan fingerprint density at radius 2 is 1.17 bits per heavy atom. The average Bonchev–Trinajstić information content (AvgIpc) is 3.09. The van der Waals surface area contributed by atoms with Crippen LogP contribution in [0.25, 0.3) is 33.6 Å². The minimum atomic E-state index is -0.00934. The van der Waals surface area contributed by atoms with E-state index in [0.717, 1.165) is 62.0 Å². The summed E-state index contributed by atoms with van der Waals surface area (Å²) in [5, 5.41) is 11.4. The Morgan fingerprint density at radius 3 is 1.75 bits per heavy atom. The largest absolute Gasteiger partial charge is 0.517 e. The molecule has 53 heavy (non-hydrogen) atoms. The van der Waals surface area contributed by atoms with Crippen molar-refractivity contribution in [3.8, 4) is 39.4 Å². The van der Waals surface area contributed by atoms with Crippen molar-refractivity contribution in [3.05, 3.63) is 143 Å². The molecule has 0 amide bonds. The molecule has 0 aliphatic carbocycles. The first-order valence-corrected chi connectivity index (χ1v) is 18.2. The first-order valence-electron chi connectivity index (χ1n) is 18.2. The summed E-state index contributed by atoms with van der Waals surface area (Å²) in [7, 11) is 0. The molecular formula is C48H52N3OPt-. The summed E-state index contributed by atoms with van der Waals surface area (Å²) in [5.41, 5.74) is 13.3. The maximum Gasteiger partial charge on any atom is 0.136 e. The van der Waals surface area contributed by atoms with E-state index in [2.05, 4.69) is 135 Å². The van der Waals surface area contributed by atoms with Crippen molar-refractivity contribution in [1.29, 1.82) is 0 Å². The van der Waals surface area contributed by atoms with Gasteiger partial charge in [-0.15, -0.1) is 29.8 Å². The Balaban J connectivity index is 0.00000541. The van der Waals surface area contributed by atoms with Crippen LogP contribution in [0, 0.1) is 19.9 Å². The summed E-state index contributed by atoms with van der Waals surface area (Å²) in [6.07, 6.45) is 1.79. The monoisotopic (exact) mass is 881 g/mol. The smallest absolute Gasteiger partial charge is 0.136 e. The predicted molar refractivity (Wildman–Crippen MR) is 219 cm³/mol. The third-order valence-electron chi connectivity index (χ3n) is 9.78. The molecular weight excluding hydrogens is 830 g/mol. The molecule has 0 saturated heterocycles. The van der Waals surface area contributed by atoms with Crippen molar-refractivity contribution in [1.82, 2.24) is 9.97 Å². The fourth-order valence-electron chi connectivity index (χ4n) is 6.64. The van der Waals surface area contributed by atoms with Gasteiger partial charge in [0.05, 0.1) is 22.8 Å². The van der Waals surface area contributed by atoms with Crippen LogP contribution in [0.2, 0.25) is 0 Å². The zero-order chi connectivity index (χ0) is 37.6. The maximum atomic E-state index is 11.4. The van der Waals surface area contributed by atoms with Crippen LogP contribution < -0.4 is 4.90 Å². The molecule has 0 unspecified atom stereocenters. The number of hydrogen-bond acceptors (Lipinski definition) is 4. The average molecular weight is 882 g/mol. The van der Waals surface area contributed by atoms with E-state index in [1.165, 1.54) is 16.7 Å². The van der Waals surface area contributed by atoms with Crippen LogP contribution in [0.4, 0.5) is 17.2 Å². The zero-order valence-corrected chi connectivity index (χ0v) is 35.3. The van der Waals surface area contributed by atoms with Gasteiger partial charge in [0.2, 0.25) is 0 Å². The summed E-state index contributed by atoms with van der Waals surface area (Å²) in [5.74, 6) is 0.974. The topological polar surface area (TPSA) is 49.2 Å². The first kappa shape index (κ1) is 39.7. The molecule has 2 heterocycles. The summed E-state index contributed by atoms with van der Waals surface area (Å²) >= 11 is 0. The minimum absolute atomic E-state index is 0. The van der Waals surface area contributed by atoms with Gasteiger partial charge in [-0.25, -0.2) is 4.98 Å². The van der Waals surface area contributed by atoms with E-state index >= 15 is 0 Å². The van der Waals surface area contributed by atoms with E-state index in [1.807, 2.05) is 54.6 Å². The van der Waals surface area contributed by atoms with Gasteiger partial charge in [0.15, 0.2) is 0 Å². The quantitative estimate of drug-likeness (QED) is 0.169. The number of phenolic OH excluding ortho intramolecular Hbond substituents is 1. The number of aryl methyl sites for hydroxylation is 2. The molecule has 0 atom stereocenters. The van der Waals surface area contributed by atoms with E-state index in [-0.39, 0.29) is 43.1 Å². The number of pyridine rings is 2. The van der Waals surface area contributed by atoms with Gasteiger partial charge in [0.25, 0.3) is 0 Å². The van der Waals surface area contributed by atoms with Gasteiger partial charge in [-0.1, -0.05) is 122 Å². The molecule has 1 N–H and O–H groups in total. The molecule has 0 fully saturated rings. The van der Waals surface area contributed by atoms with Crippen molar-refractivity contribution in [3.63, 3.8) is 0 Å². The van der Waals surface area contributed by atoms with Crippen LogP contribution in [0.3, 0.4) is 0 Å². The molecule has 6 rings (SSSR count). The van der Waals surface area contributed by atoms with E-state index < -0.39 is 0 Å². The Bertz CT molecular complexity index is 2180. The standard InChI is InChI=1S/C48H52N3O.Pt/c1-31-24-36(46(3,4)5)25-32(2)45(31)51(44-20-15-19-42(50-44)41-18-12-13-23-49-41)39-17-14-16-34(28-39)40-29-33(21-22-43(40)52)35-26-37(47(6,7)8)30-38(27-35)48(9,10)11;/h12-27,29-30,52H,1-11H3;/q-1;. The number of benzene rings is 4. The summed E-state index contributed by atoms with van der Waals surface area (Å²) < 4.78 is 0. The van der Waals surface area contributed by atoms with Gasteiger partial charge in [-0.05, 0) is 105 Å². The van der Waals surface area contributed by atoms with Crippen LogP contribution in [-0.4, -0.2) is 15.1 Å². The number of nitrogens with zero attached hydrogens (tertiary/aromatic N) is 3. The molecule has 5 heteroatoms. The van der Waals surface area contributed by atoms with Crippen LogP contribution >= 0.6 is 0 Å². The minimum Gasteiger partial charge on any atom is -0.517 e. The molecule has 0 radical (unpaired) electrons. The molecule has 0 saturated carbocycles. The molecule has 0 aliphatic heterocycles. The SMILES string of the molecule is Cc1cc(C(C)(C)C)cc(C)c1N(c1[c-]c(-c2cc(-c3cc(C(C)(C)C)cc(C(C)(C)C)c3)ccc2O)ccc1)c1cccc(-c2ccccn2)n1.[Pt]. The first-order chi connectivity index (χ1) is 24.4. The maximum absolute atomic E-state index is 11.4. The Hall–Kier alpha value is -4.53. The third kappa shape index (κ3) is 8.66. The van der Waals surface area contributed by atoms with Crippen LogP contribution in [0.1, 0.15) is 90.1 Å². The summed E-state index contributed by atoms with van der Waals surface area (Å²) in [4.78, 5) is 12.0. The van der Waals surface area contributed by atoms with Gasteiger partial charge in [-0.3, -0.25) is 4.98 Å². The molecule has 2 aromatic heterocycles. The molecule has 6 aromatic rings. The van der Waals surface area contributed by atoms with Gasteiger partial charge in [0, 0.05) is 27.3 Å². The number of aromatic hydroxyl groups is 1. The van der Waals surface area contributed by atoms with Gasteiger partial charge < -0.3 is 10.0 Å². The zero-order valence-electron chi connectivity index (χ0n) is 33.0. The van der Waals surface area contributed by atoms with E-state index in [4.69, 9.17) is 4.98 Å². The second-order valence-electron chi connectivity index (χ2n) is 17.1. The Kier molecular flexibility index (Phi) is 11.3.